The van der Waals surface area contributed by atoms with E-state index in [4.69, 9.17) is 4.98 Å². The summed E-state index contributed by atoms with van der Waals surface area (Å²) in [5.41, 5.74) is 2.47. The quantitative estimate of drug-likeness (QED) is 0.805. The molecule has 1 aromatic heterocycles. The van der Waals surface area contributed by atoms with Crippen molar-refractivity contribution in [3.8, 4) is 0 Å². The SMILES string of the molecule is CCc1ccc2nc(N3CCC(C(=O)N4CCC(C)CC4)CC3)sc2c1. The van der Waals surface area contributed by atoms with Crippen molar-refractivity contribution in [2.75, 3.05) is 31.1 Å². The molecule has 140 valence electrons. The summed E-state index contributed by atoms with van der Waals surface area (Å²) in [7, 11) is 0. The number of carbonyl (C=O) groups is 1. The van der Waals surface area contributed by atoms with Crippen LogP contribution in [0.3, 0.4) is 0 Å². The summed E-state index contributed by atoms with van der Waals surface area (Å²) in [6.45, 7) is 8.29. The van der Waals surface area contributed by atoms with Gasteiger partial charge in [-0.2, -0.15) is 0 Å². The minimum atomic E-state index is 0.209. The summed E-state index contributed by atoms with van der Waals surface area (Å²) >= 11 is 1.79. The molecule has 0 bridgehead atoms. The smallest absolute Gasteiger partial charge is 0.225 e. The third kappa shape index (κ3) is 3.59. The topological polar surface area (TPSA) is 36.4 Å². The number of amides is 1. The van der Waals surface area contributed by atoms with E-state index in [1.165, 1.54) is 10.3 Å². The lowest BCUT2D eigenvalue weighted by atomic mass is 9.93. The number of hydrogen-bond donors (Lipinski definition) is 0. The molecular weight excluding hydrogens is 342 g/mol. The highest BCUT2D eigenvalue weighted by molar-refractivity contribution is 7.22. The van der Waals surface area contributed by atoms with Crippen LogP contribution < -0.4 is 4.90 Å². The molecule has 0 N–H and O–H groups in total. The molecule has 0 spiro atoms. The van der Waals surface area contributed by atoms with Gasteiger partial charge in [-0.15, -0.1) is 0 Å². The maximum Gasteiger partial charge on any atom is 0.225 e. The van der Waals surface area contributed by atoms with Gasteiger partial charge in [-0.25, -0.2) is 4.98 Å². The van der Waals surface area contributed by atoms with E-state index in [1.54, 1.807) is 11.3 Å². The van der Waals surface area contributed by atoms with Crippen molar-refractivity contribution in [2.24, 2.45) is 11.8 Å². The number of aryl methyl sites for hydroxylation is 1. The predicted molar refractivity (Wildman–Crippen MR) is 109 cm³/mol. The van der Waals surface area contributed by atoms with E-state index < -0.39 is 0 Å². The van der Waals surface area contributed by atoms with Gasteiger partial charge < -0.3 is 9.80 Å². The van der Waals surface area contributed by atoms with Gasteiger partial charge in [0, 0.05) is 32.1 Å². The Morgan fingerprint density at radius 3 is 2.58 bits per heavy atom. The average molecular weight is 372 g/mol. The van der Waals surface area contributed by atoms with Gasteiger partial charge in [-0.1, -0.05) is 31.3 Å². The molecular formula is C21H29N3OS. The molecule has 26 heavy (non-hydrogen) atoms. The first-order valence-electron chi connectivity index (χ1n) is 10.1. The first-order valence-corrected chi connectivity index (χ1v) is 10.9. The van der Waals surface area contributed by atoms with Crippen molar-refractivity contribution in [1.82, 2.24) is 9.88 Å². The largest absolute Gasteiger partial charge is 0.348 e. The van der Waals surface area contributed by atoms with Gasteiger partial charge in [0.1, 0.15) is 0 Å². The Bertz CT molecular complexity index is 771. The molecule has 2 fully saturated rings. The van der Waals surface area contributed by atoms with E-state index >= 15 is 0 Å². The number of rotatable bonds is 3. The van der Waals surface area contributed by atoms with E-state index in [0.29, 0.717) is 5.91 Å². The van der Waals surface area contributed by atoms with Crippen LogP contribution in [0.2, 0.25) is 0 Å². The third-order valence-electron chi connectivity index (χ3n) is 6.06. The maximum atomic E-state index is 12.8. The highest BCUT2D eigenvalue weighted by Gasteiger charge is 2.30. The lowest BCUT2D eigenvalue weighted by Gasteiger charge is -2.36. The van der Waals surface area contributed by atoms with Gasteiger partial charge in [-0.3, -0.25) is 4.79 Å². The Balaban J connectivity index is 1.38. The standard InChI is InChI=1S/C21H29N3OS/c1-3-16-4-5-18-19(14-16)26-21(22-18)24-12-8-17(9-13-24)20(25)23-10-6-15(2)7-11-23/h4-5,14-15,17H,3,6-13H2,1-2H3. The van der Waals surface area contributed by atoms with Gasteiger partial charge >= 0.3 is 0 Å². The monoisotopic (exact) mass is 371 g/mol. The fourth-order valence-corrected chi connectivity index (χ4v) is 5.20. The summed E-state index contributed by atoms with van der Waals surface area (Å²) in [5.74, 6) is 1.38. The molecule has 0 atom stereocenters. The van der Waals surface area contributed by atoms with Crippen molar-refractivity contribution in [1.29, 1.82) is 0 Å². The van der Waals surface area contributed by atoms with Crippen LogP contribution in [0.4, 0.5) is 5.13 Å². The van der Waals surface area contributed by atoms with Crippen LogP contribution in [0, 0.1) is 11.8 Å². The lowest BCUT2D eigenvalue weighted by molar-refractivity contribution is -0.137. The summed E-state index contributed by atoms with van der Waals surface area (Å²) < 4.78 is 1.28. The van der Waals surface area contributed by atoms with Crippen molar-refractivity contribution in [2.45, 2.75) is 46.0 Å². The zero-order valence-corrected chi connectivity index (χ0v) is 16.7. The van der Waals surface area contributed by atoms with Crippen LogP contribution in [-0.2, 0) is 11.2 Å². The fourth-order valence-electron chi connectivity index (χ4n) is 4.12. The second-order valence-corrected chi connectivity index (χ2v) is 8.93. The second kappa shape index (κ2) is 7.55. The number of piperidine rings is 2. The molecule has 4 rings (SSSR count). The van der Waals surface area contributed by atoms with Crippen LogP contribution in [0.5, 0.6) is 0 Å². The van der Waals surface area contributed by atoms with E-state index in [2.05, 4.69) is 41.8 Å². The summed E-state index contributed by atoms with van der Waals surface area (Å²) in [5, 5.41) is 1.12. The molecule has 0 unspecified atom stereocenters. The summed E-state index contributed by atoms with van der Waals surface area (Å²) in [4.78, 5) is 22.1. The summed E-state index contributed by atoms with van der Waals surface area (Å²) in [6, 6.07) is 6.59. The van der Waals surface area contributed by atoms with E-state index in [-0.39, 0.29) is 5.92 Å². The maximum absolute atomic E-state index is 12.8. The van der Waals surface area contributed by atoms with Crippen molar-refractivity contribution < 1.29 is 4.79 Å². The zero-order chi connectivity index (χ0) is 18.1. The molecule has 1 aromatic carbocycles. The Morgan fingerprint density at radius 1 is 1.15 bits per heavy atom. The number of likely N-dealkylation sites (tertiary alicyclic amines) is 1. The number of thiazole rings is 1. The van der Waals surface area contributed by atoms with Gasteiger partial charge in [-0.05, 0) is 55.7 Å². The van der Waals surface area contributed by atoms with Crippen LogP contribution in [0.25, 0.3) is 10.2 Å². The molecule has 0 saturated carbocycles. The Morgan fingerprint density at radius 2 is 1.88 bits per heavy atom. The highest BCUT2D eigenvalue weighted by atomic mass is 32.1. The highest BCUT2D eigenvalue weighted by Crippen LogP contribution is 2.33. The van der Waals surface area contributed by atoms with Gasteiger partial charge in [0.25, 0.3) is 0 Å². The van der Waals surface area contributed by atoms with Crippen LogP contribution >= 0.6 is 11.3 Å². The summed E-state index contributed by atoms with van der Waals surface area (Å²) in [6.07, 6.45) is 5.31. The predicted octanol–water partition coefficient (Wildman–Crippen LogP) is 4.33. The molecule has 2 aliphatic heterocycles. The normalized spacial score (nSPS) is 20.1. The Labute approximate surface area is 160 Å². The molecule has 5 heteroatoms. The Hall–Kier alpha value is -1.62. The van der Waals surface area contributed by atoms with E-state index in [0.717, 1.165) is 74.8 Å². The third-order valence-corrected chi connectivity index (χ3v) is 7.14. The molecule has 3 heterocycles. The molecule has 4 nitrogen and oxygen atoms in total. The minimum absolute atomic E-state index is 0.209. The van der Waals surface area contributed by atoms with Crippen LogP contribution in [-0.4, -0.2) is 42.0 Å². The number of anilines is 1. The first-order chi connectivity index (χ1) is 12.6. The number of aromatic nitrogens is 1. The number of nitrogens with zero attached hydrogens (tertiary/aromatic N) is 3. The number of carbonyl (C=O) groups excluding carboxylic acids is 1. The molecule has 1 amide bonds. The molecule has 0 aliphatic carbocycles. The minimum Gasteiger partial charge on any atom is -0.348 e. The molecule has 2 aliphatic rings. The van der Waals surface area contributed by atoms with E-state index in [1.807, 2.05) is 0 Å². The second-order valence-electron chi connectivity index (χ2n) is 7.92. The lowest BCUT2D eigenvalue weighted by Crippen LogP contribution is -2.45. The van der Waals surface area contributed by atoms with Crippen LogP contribution in [0.1, 0.15) is 45.1 Å². The molecule has 2 aromatic rings. The zero-order valence-electron chi connectivity index (χ0n) is 15.9. The molecule has 0 radical (unpaired) electrons. The fraction of sp³-hybridized carbons (Fsp3) is 0.619. The van der Waals surface area contributed by atoms with E-state index in [9.17, 15) is 4.79 Å². The van der Waals surface area contributed by atoms with Gasteiger partial charge in [0.15, 0.2) is 5.13 Å². The van der Waals surface area contributed by atoms with Gasteiger partial charge in [0.05, 0.1) is 10.2 Å². The number of fused-ring (bicyclic) bond motifs is 1. The molecule has 2 saturated heterocycles. The van der Waals surface area contributed by atoms with Gasteiger partial charge in [0.2, 0.25) is 5.91 Å². The number of benzene rings is 1. The van der Waals surface area contributed by atoms with Crippen molar-refractivity contribution >= 4 is 32.6 Å². The van der Waals surface area contributed by atoms with Crippen molar-refractivity contribution in [3.63, 3.8) is 0 Å². The average Bonchev–Trinajstić information content (AvgIpc) is 3.11. The van der Waals surface area contributed by atoms with Crippen LogP contribution in [0.15, 0.2) is 18.2 Å². The number of hydrogen-bond acceptors (Lipinski definition) is 4. The first kappa shape index (κ1) is 17.8. The van der Waals surface area contributed by atoms with Crippen molar-refractivity contribution in [3.05, 3.63) is 23.8 Å². The Kier molecular flexibility index (Phi) is 5.16.